The van der Waals surface area contributed by atoms with Gasteiger partial charge in [-0.05, 0) is 0 Å². The minimum absolute atomic E-state index is 0.727. The molecule has 1 unspecified atom stereocenters. The van der Waals surface area contributed by atoms with Crippen molar-refractivity contribution < 1.29 is 54.8 Å². The highest BCUT2D eigenvalue weighted by Gasteiger charge is 2.51. The second-order valence-corrected chi connectivity index (χ2v) is 5.08. The Kier molecular flexibility index (Phi) is 6.98. The molecule has 1 aliphatic heterocycles. The number of carboxylic acid groups (broad SMARTS) is 1. The van der Waals surface area contributed by atoms with Gasteiger partial charge in [-0.3, -0.25) is 4.79 Å². The summed E-state index contributed by atoms with van der Waals surface area (Å²) in [5, 5.41) is 66.2. The van der Waals surface area contributed by atoms with Gasteiger partial charge in [0.1, 0.15) is 42.7 Å². The van der Waals surface area contributed by atoms with Crippen molar-refractivity contribution in [3.63, 3.8) is 0 Å². The number of rotatable bonds is 7. The Morgan fingerprint density at radius 2 is 1.61 bits per heavy atom. The number of ether oxygens (including phenoxy) is 2. The lowest BCUT2D eigenvalue weighted by Crippen LogP contribution is -2.64. The number of carbonyl (C=O) groups excluding carboxylic acids is 1. The third-order valence-corrected chi connectivity index (χ3v) is 3.62. The molecule has 0 amide bonds. The molecule has 1 fully saturated rings. The standard InChI is InChI=1S/C12H20O11/c1-22-3(2-13)4(14)5(15)7(17)10-8(18)6(16)9(19)11(23-10)12(20)21/h3-6,8-11,13-16,18-19H,2H2,1H3,(H,20,21)/t3-,4+,5-,6-,8-,9+,10?,11+/m1/s1. The van der Waals surface area contributed by atoms with Gasteiger partial charge >= 0.3 is 5.97 Å². The normalized spacial score (nSPS) is 35.3. The van der Waals surface area contributed by atoms with Gasteiger partial charge in [0.25, 0.3) is 0 Å². The number of hydrogen-bond donors (Lipinski definition) is 7. The first-order chi connectivity index (χ1) is 10.7. The third-order valence-electron chi connectivity index (χ3n) is 3.62. The summed E-state index contributed by atoms with van der Waals surface area (Å²) in [6.45, 7) is -0.727. The van der Waals surface area contributed by atoms with Crippen molar-refractivity contribution in [3.8, 4) is 0 Å². The maximum absolute atomic E-state index is 12.1. The summed E-state index contributed by atoms with van der Waals surface area (Å²) in [5.74, 6) is -3.03. The molecule has 0 saturated carbocycles. The summed E-state index contributed by atoms with van der Waals surface area (Å²) < 4.78 is 9.38. The quantitative estimate of drug-likeness (QED) is 0.235. The minimum atomic E-state index is -2.19. The topological polar surface area (TPSA) is 194 Å². The fourth-order valence-electron chi connectivity index (χ4n) is 2.18. The van der Waals surface area contributed by atoms with E-state index < -0.39 is 67.2 Å². The Balaban J connectivity index is 2.94. The molecular formula is C12H20O11. The molecule has 0 aromatic rings. The molecule has 23 heavy (non-hydrogen) atoms. The summed E-state index contributed by atoms with van der Waals surface area (Å²) in [6, 6.07) is 0. The van der Waals surface area contributed by atoms with Crippen molar-refractivity contribution in [3.05, 3.63) is 0 Å². The van der Waals surface area contributed by atoms with Gasteiger partial charge in [0.15, 0.2) is 11.9 Å². The van der Waals surface area contributed by atoms with Gasteiger partial charge in [-0.2, -0.15) is 0 Å². The number of Topliss-reactive ketones (excluding diaryl/α,β-unsaturated/α-hetero) is 1. The Morgan fingerprint density at radius 3 is 2.04 bits per heavy atom. The lowest BCUT2D eigenvalue weighted by atomic mass is 9.89. The molecule has 1 aliphatic rings. The first kappa shape index (κ1) is 19.9. The molecule has 0 spiro atoms. The van der Waals surface area contributed by atoms with Gasteiger partial charge < -0.3 is 45.2 Å². The molecule has 11 heteroatoms. The van der Waals surface area contributed by atoms with Crippen LogP contribution >= 0.6 is 0 Å². The molecule has 7 N–H and O–H groups in total. The van der Waals surface area contributed by atoms with Gasteiger partial charge in [0, 0.05) is 7.11 Å². The number of carbonyl (C=O) groups is 2. The van der Waals surface area contributed by atoms with Crippen LogP contribution in [0, 0.1) is 0 Å². The molecule has 0 aromatic heterocycles. The van der Waals surface area contributed by atoms with Crippen LogP contribution in [0.25, 0.3) is 0 Å². The minimum Gasteiger partial charge on any atom is -0.479 e. The second kappa shape index (κ2) is 8.08. The number of methoxy groups -OCH3 is 1. The Bertz CT molecular complexity index is 423. The van der Waals surface area contributed by atoms with Crippen LogP contribution in [-0.4, -0.2) is 110 Å². The molecule has 1 saturated heterocycles. The maximum Gasteiger partial charge on any atom is 0.335 e. The predicted molar refractivity (Wildman–Crippen MR) is 69.2 cm³/mol. The van der Waals surface area contributed by atoms with Crippen LogP contribution in [0.3, 0.4) is 0 Å². The van der Waals surface area contributed by atoms with Crippen molar-refractivity contribution in [1.82, 2.24) is 0 Å². The molecule has 134 valence electrons. The van der Waals surface area contributed by atoms with Crippen LogP contribution < -0.4 is 0 Å². The van der Waals surface area contributed by atoms with Crippen LogP contribution in [0.1, 0.15) is 0 Å². The predicted octanol–water partition coefficient (Wildman–Crippen LogP) is -4.78. The number of hydrogen-bond acceptors (Lipinski definition) is 10. The van der Waals surface area contributed by atoms with E-state index in [-0.39, 0.29) is 0 Å². The fraction of sp³-hybridized carbons (Fsp3) is 0.833. The van der Waals surface area contributed by atoms with E-state index in [0.29, 0.717) is 0 Å². The van der Waals surface area contributed by atoms with E-state index in [9.17, 15) is 35.1 Å². The number of ketones is 1. The van der Waals surface area contributed by atoms with Gasteiger partial charge in [-0.15, -0.1) is 0 Å². The zero-order valence-electron chi connectivity index (χ0n) is 12.1. The first-order valence-electron chi connectivity index (χ1n) is 6.63. The van der Waals surface area contributed by atoms with Crippen molar-refractivity contribution in [1.29, 1.82) is 0 Å². The summed E-state index contributed by atoms with van der Waals surface area (Å²) in [4.78, 5) is 23.0. The lowest BCUT2D eigenvalue weighted by molar-refractivity contribution is -0.229. The monoisotopic (exact) mass is 340 g/mol. The highest BCUT2D eigenvalue weighted by molar-refractivity contribution is 5.89. The summed E-state index contributed by atoms with van der Waals surface area (Å²) in [6.07, 6.45) is -15.4. The van der Waals surface area contributed by atoms with Crippen LogP contribution in [0.4, 0.5) is 0 Å². The molecule has 0 aliphatic carbocycles. The zero-order chi connectivity index (χ0) is 17.9. The summed E-state index contributed by atoms with van der Waals surface area (Å²) >= 11 is 0. The van der Waals surface area contributed by atoms with Gasteiger partial charge in [-0.25, -0.2) is 4.79 Å². The van der Waals surface area contributed by atoms with E-state index in [4.69, 9.17) is 14.9 Å². The Hall–Kier alpha value is -1.18. The second-order valence-electron chi connectivity index (χ2n) is 5.08. The van der Waals surface area contributed by atoms with Gasteiger partial charge in [0.05, 0.1) is 6.61 Å². The SMILES string of the molecule is CO[C@H](CO)[C@H](O)[C@@H](O)C(=O)C1O[C@H](C(=O)O)[C@@H](O)[C@H](O)[C@H]1O. The van der Waals surface area contributed by atoms with Crippen molar-refractivity contribution in [2.24, 2.45) is 0 Å². The largest absolute Gasteiger partial charge is 0.479 e. The highest BCUT2D eigenvalue weighted by Crippen LogP contribution is 2.24. The zero-order valence-corrected chi connectivity index (χ0v) is 12.1. The number of carboxylic acids is 1. The molecule has 8 atom stereocenters. The molecular weight excluding hydrogens is 320 g/mol. The summed E-state index contributed by atoms with van der Waals surface area (Å²) in [5.41, 5.74) is 0. The molecule has 0 aromatic carbocycles. The highest BCUT2D eigenvalue weighted by atomic mass is 16.6. The van der Waals surface area contributed by atoms with E-state index in [1.54, 1.807) is 0 Å². The third kappa shape index (κ3) is 4.02. The maximum atomic E-state index is 12.1. The fourth-order valence-corrected chi connectivity index (χ4v) is 2.18. The number of aliphatic hydroxyl groups is 6. The molecule has 0 radical (unpaired) electrons. The smallest absolute Gasteiger partial charge is 0.335 e. The number of aliphatic hydroxyl groups excluding tert-OH is 6. The van der Waals surface area contributed by atoms with Crippen molar-refractivity contribution >= 4 is 11.8 Å². The van der Waals surface area contributed by atoms with Gasteiger partial charge in [0.2, 0.25) is 0 Å². The Labute approximate surface area is 130 Å². The van der Waals surface area contributed by atoms with E-state index in [1.807, 2.05) is 0 Å². The first-order valence-corrected chi connectivity index (χ1v) is 6.63. The molecule has 11 nitrogen and oxygen atoms in total. The summed E-state index contributed by atoms with van der Waals surface area (Å²) in [7, 11) is 1.10. The molecule has 1 rings (SSSR count). The van der Waals surface area contributed by atoms with Crippen LogP contribution in [-0.2, 0) is 19.1 Å². The van der Waals surface area contributed by atoms with Gasteiger partial charge in [-0.1, -0.05) is 0 Å². The van der Waals surface area contributed by atoms with E-state index in [1.165, 1.54) is 0 Å². The van der Waals surface area contributed by atoms with Crippen molar-refractivity contribution in [2.45, 2.75) is 48.8 Å². The van der Waals surface area contributed by atoms with E-state index in [0.717, 1.165) is 7.11 Å². The van der Waals surface area contributed by atoms with Crippen molar-refractivity contribution in [2.75, 3.05) is 13.7 Å². The van der Waals surface area contributed by atoms with E-state index >= 15 is 0 Å². The van der Waals surface area contributed by atoms with E-state index in [2.05, 4.69) is 4.74 Å². The number of aliphatic carboxylic acids is 1. The van der Waals surface area contributed by atoms with Crippen LogP contribution in [0.15, 0.2) is 0 Å². The average Bonchev–Trinajstić information content (AvgIpc) is 2.52. The average molecular weight is 340 g/mol. The van der Waals surface area contributed by atoms with Crippen LogP contribution in [0.2, 0.25) is 0 Å². The molecule has 0 bridgehead atoms. The van der Waals surface area contributed by atoms with Crippen LogP contribution in [0.5, 0.6) is 0 Å². The lowest BCUT2D eigenvalue weighted by Gasteiger charge is -2.39. The Morgan fingerprint density at radius 1 is 1.09 bits per heavy atom. The molecule has 1 heterocycles.